The van der Waals surface area contributed by atoms with Gasteiger partial charge in [0.2, 0.25) is 5.91 Å². The van der Waals surface area contributed by atoms with Crippen molar-refractivity contribution in [2.24, 2.45) is 11.8 Å². The van der Waals surface area contributed by atoms with Crippen molar-refractivity contribution < 1.29 is 18.8 Å². The van der Waals surface area contributed by atoms with E-state index in [-0.39, 0.29) is 36.2 Å². The average Bonchev–Trinajstić information content (AvgIpc) is 3.39. The van der Waals surface area contributed by atoms with Crippen LogP contribution in [0, 0.1) is 11.8 Å². The first-order chi connectivity index (χ1) is 14.0. The Labute approximate surface area is 170 Å². The Morgan fingerprint density at radius 1 is 1.21 bits per heavy atom. The summed E-state index contributed by atoms with van der Waals surface area (Å²) in [5.74, 6) is -0.0420. The zero-order valence-corrected chi connectivity index (χ0v) is 17.0. The van der Waals surface area contributed by atoms with Gasteiger partial charge in [0.15, 0.2) is 12.4 Å². The van der Waals surface area contributed by atoms with Crippen molar-refractivity contribution >= 4 is 17.6 Å². The van der Waals surface area contributed by atoms with Crippen LogP contribution in [-0.4, -0.2) is 28.6 Å². The fraction of sp³-hybridized carbons (Fsp3) is 0.545. The fourth-order valence-electron chi connectivity index (χ4n) is 4.28. The molecule has 0 saturated heterocycles. The smallest absolute Gasteiger partial charge is 0.310 e. The van der Waals surface area contributed by atoms with Gasteiger partial charge < -0.3 is 14.2 Å². The summed E-state index contributed by atoms with van der Waals surface area (Å²) in [6.07, 6.45) is 4.13. The highest BCUT2D eigenvalue weighted by Crippen LogP contribution is 2.36. The SMILES string of the molecule is CC(C)c1noc(COC(=O)[C@H]2CCCC[C@H]2C(=O)N2CCc3ccccc32)n1. The van der Waals surface area contributed by atoms with Crippen molar-refractivity contribution in [3.63, 3.8) is 0 Å². The number of fused-ring (bicyclic) bond motifs is 1. The van der Waals surface area contributed by atoms with Crippen LogP contribution in [0.1, 0.15) is 62.7 Å². The number of aromatic nitrogens is 2. The summed E-state index contributed by atoms with van der Waals surface area (Å²) in [5, 5.41) is 3.88. The van der Waals surface area contributed by atoms with Gasteiger partial charge >= 0.3 is 5.97 Å². The summed E-state index contributed by atoms with van der Waals surface area (Å²) in [6.45, 7) is 4.56. The van der Waals surface area contributed by atoms with Crippen molar-refractivity contribution in [3.8, 4) is 0 Å². The molecule has 2 atom stereocenters. The van der Waals surface area contributed by atoms with E-state index in [4.69, 9.17) is 9.26 Å². The Balaban J connectivity index is 1.43. The first-order valence-electron chi connectivity index (χ1n) is 10.4. The molecule has 0 bridgehead atoms. The van der Waals surface area contributed by atoms with Crippen molar-refractivity contribution in [2.45, 2.75) is 58.5 Å². The van der Waals surface area contributed by atoms with E-state index in [1.54, 1.807) is 0 Å². The third kappa shape index (κ3) is 4.04. The van der Waals surface area contributed by atoms with Crippen molar-refractivity contribution in [1.29, 1.82) is 0 Å². The van der Waals surface area contributed by atoms with Gasteiger partial charge in [-0.2, -0.15) is 4.98 Å². The van der Waals surface area contributed by atoms with Crippen LogP contribution in [0.3, 0.4) is 0 Å². The molecule has 0 radical (unpaired) electrons. The number of amides is 1. The number of carbonyl (C=O) groups excluding carboxylic acids is 2. The summed E-state index contributed by atoms with van der Waals surface area (Å²) >= 11 is 0. The summed E-state index contributed by atoms with van der Waals surface area (Å²) in [5.41, 5.74) is 2.16. The monoisotopic (exact) mass is 397 g/mol. The molecule has 1 aromatic carbocycles. The molecule has 1 saturated carbocycles. The highest BCUT2D eigenvalue weighted by Gasteiger charge is 2.40. The molecule has 0 unspecified atom stereocenters. The molecule has 4 rings (SSSR count). The maximum atomic E-state index is 13.3. The summed E-state index contributed by atoms with van der Waals surface area (Å²) < 4.78 is 10.6. The summed E-state index contributed by atoms with van der Waals surface area (Å²) in [4.78, 5) is 32.2. The zero-order chi connectivity index (χ0) is 20.4. The van der Waals surface area contributed by atoms with E-state index in [2.05, 4.69) is 16.2 Å². The van der Waals surface area contributed by atoms with Gasteiger partial charge in [-0.15, -0.1) is 0 Å². The Morgan fingerprint density at radius 2 is 1.97 bits per heavy atom. The Bertz CT molecular complexity index is 892. The lowest BCUT2D eigenvalue weighted by atomic mass is 9.78. The molecular weight excluding hydrogens is 370 g/mol. The molecule has 1 aromatic heterocycles. The minimum atomic E-state index is -0.420. The molecule has 7 heteroatoms. The van der Waals surface area contributed by atoms with Gasteiger partial charge in [-0.1, -0.05) is 50.0 Å². The maximum Gasteiger partial charge on any atom is 0.310 e. The van der Waals surface area contributed by atoms with Crippen LogP contribution in [0.2, 0.25) is 0 Å². The van der Waals surface area contributed by atoms with E-state index in [1.165, 1.54) is 5.56 Å². The Hall–Kier alpha value is -2.70. The molecule has 29 heavy (non-hydrogen) atoms. The van der Waals surface area contributed by atoms with Gasteiger partial charge in [-0.05, 0) is 30.9 Å². The van der Waals surface area contributed by atoms with E-state index in [1.807, 2.05) is 36.9 Å². The lowest BCUT2D eigenvalue weighted by molar-refractivity contribution is -0.156. The third-order valence-electron chi connectivity index (χ3n) is 5.88. The first kappa shape index (κ1) is 19.6. The van der Waals surface area contributed by atoms with E-state index in [0.717, 1.165) is 31.4 Å². The van der Waals surface area contributed by atoms with Crippen molar-refractivity contribution in [3.05, 3.63) is 41.5 Å². The van der Waals surface area contributed by atoms with Crippen LogP contribution in [0.25, 0.3) is 0 Å². The Kier molecular flexibility index (Phi) is 5.65. The number of nitrogens with zero attached hydrogens (tertiary/aromatic N) is 3. The number of para-hydroxylation sites is 1. The van der Waals surface area contributed by atoms with E-state index >= 15 is 0 Å². The molecular formula is C22H27N3O4. The average molecular weight is 397 g/mol. The van der Waals surface area contributed by atoms with Crippen LogP contribution in [0.4, 0.5) is 5.69 Å². The van der Waals surface area contributed by atoms with Crippen LogP contribution < -0.4 is 4.90 Å². The number of anilines is 1. The van der Waals surface area contributed by atoms with Gasteiger partial charge in [-0.3, -0.25) is 9.59 Å². The second kappa shape index (κ2) is 8.35. The second-order valence-electron chi connectivity index (χ2n) is 8.17. The highest BCUT2D eigenvalue weighted by molar-refractivity contribution is 5.99. The van der Waals surface area contributed by atoms with Gasteiger partial charge in [-0.25, -0.2) is 0 Å². The van der Waals surface area contributed by atoms with Gasteiger partial charge in [0.25, 0.3) is 5.89 Å². The standard InChI is InChI=1S/C22H27N3O4/c1-14(2)20-23-19(29-24-20)13-28-22(27)17-9-5-4-8-16(17)21(26)25-12-11-15-7-3-6-10-18(15)25/h3,6-7,10,14,16-17H,4-5,8-9,11-13H2,1-2H3/t16-,17+/m1/s1. The molecule has 154 valence electrons. The molecule has 1 amide bonds. The minimum absolute atomic E-state index is 0.0384. The first-order valence-corrected chi connectivity index (χ1v) is 10.4. The molecule has 2 aliphatic rings. The number of benzene rings is 1. The summed E-state index contributed by atoms with van der Waals surface area (Å²) in [6, 6.07) is 7.99. The predicted molar refractivity (Wildman–Crippen MR) is 106 cm³/mol. The van der Waals surface area contributed by atoms with E-state index < -0.39 is 5.92 Å². The van der Waals surface area contributed by atoms with Crippen LogP contribution >= 0.6 is 0 Å². The van der Waals surface area contributed by atoms with Crippen molar-refractivity contribution in [2.75, 3.05) is 11.4 Å². The largest absolute Gasteiger partial charge is 0.455 e. The quantitative estimate of drug-likeness (QED) is 0.716. The van der Waals surface area contributed by atoms with E-state index in [9.17, 15) is 9.59 Å². The van der Waals surface area contributed by atoms with Crippen LogP contribution in [0.5, 0.6) is 0 Å². The normalized spacial score (nSPS) is 21.3. The number of esters is 1. The number of carbonyl (C=O) groups is 2. The lowest BCUT2D eigenvalue weighted by Gasteiger charge is -2.32. The van der Waals surface area contributed by atoms with Crippen LogP contribution in [-0.2, 0) is 27.4 Å². The third-order valence-corrected chi connectivity index (χ3v) is 5.88. The topological polar surface area (TPSA) is 85.5 Å². The number of hydrogen-bond acceptors (Lipinski definition) is 6. The molecule has 0 spiro atoms. The molecule has 1 aliphatic heterocycles. The molecule has 2 aromatic rings. The molecule has 0 N–H and O–H groups in total. The molecule has 7 nitrogen and oxygen atoms in total. The maximum absolute atomic E-state index is 13.3. The zero-order valence-electron chi connectivity index (χ0n) is 17.0. The van der Waals surface area contributed by atoms with Crippen molar-refractivity contribution in [1.82, 2.24) is 10.1 Å². The number of ether oxygens (including phenoxy) is 1. The fourth-order valence-corrected chi connectivity index (χ4v) is 4.28. The Morgan fingerprint density at radius 3 is 2.72 bits per heavy atom. The highest BCUT2D eigenvalue weighted by atomic mass is 16.6. The number of hydrogen-bond donors (Lipinski definition) is 0. The van der Waals surface area contributed by atoms with Crippen LogP contribution in [0.15, 0.2) is 28.8 Å². The molecule has 1 fully saturated rings. The van der Waals surface area contributed by atoms with E-state index in [0.29, 0.717) is 18.8 Å². The van der Waals surface area contributed by atoms with Gasteiger partial charge in [0, 0.05) is 18.2 Å². The van der Waals surface area contributed by atoms with Gasteiger partial charge in [0.05, 0.1) is 11.8 Å². The number of rotatable bonds is 5. The summed E-state index contributed by atoms with van der Waals surface area (Å²) in [7, 11) is 0. The second-order valence-corrected chi connectivity index (χ2v) is 8.17. The predicted octanol–water partition coefficient (Wildman–Crippen LogP) is 3.63. The lowest BCUT2D eigenvalue weighted by Crippen LogP contribution is -2.42. The minimum Gasteiger partial charge on any atom is -0.455 e. The molecule has 1 aliphatic carbocycles. The van der Waals surface area contributed by atoms with Gasteiger partial charge in [0.1, 0.15) is 0 Å². The molecule has 2 heterocycles.